The summed E-state index contributed by atoms with van der Waals surface area (Å²) in [5.41, 5.74) is 4.05. The number of hydrogen-bond donors (Lipinski definition) is 3. The molecule has 1 aromatic heterocycles. The second-order valence-corrected chi connectivity index (χ2v) is 12.0. The molecule has 2 fully saturated rings. The number of benzene rings is 1. The van der Waals surface area contributed by atoms with Gasteiger partial charge in [0, 0.05) is 41.2 Å². The fraction of sp³-hybridized carbons (Fsp3) is 0.571. The van der Waals surface area contributed by atoms with Crippen LogP contribution < -0.4 is 10.8 Å². The highest BCUT2D eigenvalue weighted by molar-refractivity contribution is 7.12. The Bertz CT molecular complexity index is 1080. The Balaban J connectivity index is 0.957. The number of carbonyl (C=O) groups excluding carboxylic acids is 2. The fourth-order valence-electron chi connectivity index (χ4n) is 5.74. The molecule has 37 heavy (non-hydrogen) atoms. The van der Waals surface area contributed by atoms with Crippen LogP contribution in [0.2, 0.25) is 0 Å². The molecule has 1 aromatic carbocycles. The summed E-state index contributed by atoms with van der Waals surface area (Å²) in [5.74, 6) is 0.861. The minimum absolute atomic E-state index is 0.171. The Morgan fingerprint density at radius 3 is 2.68 bits per heavy atom. The molecule has 2 aromatic rings. The Morgan fingerprint density at radius 1 is 1.14 bits per heavy atom. The van der Waals surface area contributed by atoms with Crippen molar-refractivity contribution in [2.75, 3.05) is 32.7 Å². The smallest absolute Gasteiger partial charge is 0.248 e. The molecule has 1 saturated heterocycles. The van der Waals surface area contributed by atoms with Crippen LogP contribution in [0.5, 0.6) is 0 Å². The van der Waals surface area contributed by atoms with Gasteiger partial charge in [0.15, 0.2) is 0 Å². The van der Waals surface area contributed by atoms with E-state index in [4.69, 9.17) is 5.21 Å². The summed E-state index contributed by atoms with van der Waals surface area (Å²) in [6.45, 7) is 5.57. The summed E-state index contributed by atoms with van der Waals surface area (Å²) < 4.78 is 13.1. The number of carbonyl (C=O) groups is 2. The molecule has 1 aliphatic carbocycles. The SMILES string of the molecule is O=C(Cc1cc2c(s1)CCN(C(=O)CCCN1CCC(CNC3CC3c3ccc(F)cc3)CC1)C2)NO. The van der Waals surface area contributed by atoms with E-state index >= 15 is 0 Å². The lowest BCUT2D eigenvalue weighted by atomic mass is 9.96. The van der Waals surface area contributed by atoms with E-state index in [-0.39, 0.29) is 18.1 Å². The molecule has 0 radical (unpaired) electrons. The monoisotopic (exact) mass is 528 g/mol. The van der Waals surface area contributed by atoms with Crippen molar-refractivity contribution in [1.29, 1.82) is 0 Å². The van der Waals surface area contributed by atoms with Crippen LogP contribution >= 0.6 is 11.3 Å². The lowest BCUT2D eigenvalue weighted by Gasteiger charge is -2.32. The van der Waals surface area contributed by atoms with Crippen molar-refractivity contribution in [3.05, 3.63) is 57.0 Å². The van der Waals surface area contributed by atoms with E-state index in [2.05, 4.69) is 10.2 Å². The Hall–Kier alpha value is -2.33. The number of nitrogens with zero attached hydrogens (tertiary/aromatic N) is 2. The van der Waals surface area contributed by atoms with Gasteiger partial charge in [-0.25, -0.2) is 9.87 Å². The van der Waals surface area contributed by atoms with Crippen LogP contribution in [0.4, 0.5) is 4.39 Å². The molecule has 3 heterocycles. The standard InChI is InChI=1S/C28H37FN4O3S/c29-22-5-3-20(4-6-22)24-16-25(24)30-17-19-7-11-32(12-8-19)10-1-2-28(35)33-13-9-26-21(18-33)14-23(37-26)15-27(34)31-36/h3-6,14,19,24-25,30,36H,1-2,7-13,15-18H2,(H,31,34). The van der Waals surface area contributed by atoms with Gasteiger partial charge in [0.1, 0.15) is 5.82 Å². The zero-order valence-corrected chi connectivity index (χ0v) is 22.1. The van der Waals surface area contributed by atoms with Crippen molar-refractivity contribution in [2.24, 2.45) is 5.92 Å². The molecule has 3 N–H and O–H groups in total. The van der Waals surface area contributed by atoms with Gasteiger partial charge in [-0.2, -0.15) is 0 Å². The summed E-state index contributed by atoms with van der Waals surface area (Å²) >= 11 is 1.60. The summed E-state index contributed by atoms with van der Waals surface area (Å²) in [5, 5.41) is 12.5. The number of hydrogen-bond acceptors (Lipinski definition) is 6. The predicted octanol–water partition coefficient (Wildman–Crippen LogP) is 3.46. The summed E-state index contributed by atoms with van der Waals surface area (Å²) in [6, 6.07) is 9.46. The third-order valence-corrected chi connectivity index (χ3v) is 9.30. The number of halogens is 1. The first-order valence-corrected chi connectivity index (χ1v) is 14.3. The molecular formula is C28H37FN4O3S. The number of thiophene rings is 1. The van der Waals surface area contributed by atoms with Crippen molar-refractivity contribution in [1.82, 2.24) is 20.6 Å². The predicted molar refractivity (Wildman–Crippen MR) is 141 cm³/mol. The van der Waals surface area contributed by atoms with Crippen LogP contribution in [0.25, 0.3) is 0 Å². The van der Waals surface area contributed by atoms with Gasteiger partial charge in [0.2, 0.25) is 11.8 Å². The van der Waals surface area contributed by atoms with E-state index in [0.717, 1.165) is 62.4 Å². The van der Waals surface area contributed by atoms with E-state index in [1.807, 2.05) is 23.1 Å². The van der Waals surface area contributed by atoms with Gasteiger partial charge in [-0.3, -0.25) is 14.8 Å². The third-order valence-electron chi connectivity index (χ3n) is 8.06. The van der Waals surface area contributed by atoms with Crippen LogP contribution in [-0.4, -0.2) is 65.6 Å². The van der Waals surface area contributed by atoms with E-state index < -0.39 is 5.91 Å². The van der Waals surface area contributed by atoms with Gasteiger partial charge in [0.05, 0.1) is 6.42 Å². The molecule has 200 valence electrons. The van der Waals surface area contributed by atoms with Crippen molar-refractivity contribution in [2.45, 2.75) is 63.5 Å². The van der Waals surface area contributed by atoms with Gasteiger partial charge in [-0.15, -0.1) is 11.3 Å². The Labute approximate surface area is 222 Å². The minimum atomic E-state index is -0.412. The fourth-order valence-corrected chi connectivity index (χ4v) is 6.90. The maximum Gasteiger partial charge on any atom is 0.248 e. The van der Waals surface area contributed by atoms with E-state index in [1.165, 1.54) is 23.3 Å². The minimum Gasteiger partial charge on any atom is -0.338 e. The molecule has 2 unspecified atom stereocenters. The number of amides is 2. The lowest BCUT2D eigenvalue weighted by molar-refractivity contribution is -0.132. The largest absolute Gasteiger partial charge is 0.338 e. The Kier molecular flexibility index (Phi) is 8.54. The molecule has 0 bridgehead atoms. The van der Waals surface area contributed by atoms with Crippen LogP contribution in [0.15, 0.2) is 30.3 Å². The van der Waals surface area contributed by atoms with Crippen molar-refractivity contribution < 1.29 is 19.2 Å². The van der Waals surface area contributed by atoms with Crippen molar-refractivity contribution >= 4 is 23.2 Å². The highest BCUT2D eigenvalue weighted by atomic mass is 32.1. The topological polar surface area (TPSA) is 84.9 Å². The number of nitrogens with one attached hydrogen (secondary N) is 2. The molecule has 1 saturated carbocycles. The summed E-state index contributed by atoms with van der Waals surface area (Å²) in [4.78, 5) is 30.9. The van der Waals surface area contributed by atoms with Crippen molar-refractivity contribution in [3.8, 4) is 0 Å². The lowest BCUT2D eigenvalue weighted by Crippen LogP contribution is -2.39. The summed E-state index contributed by atoms with van der Waals surface area (Å²) in [6.07, 6.45) is 6.00. The zero-order valence-electron chi connectivity index (χ0n) is 21.3. The average molecular weight is 529 g/mol. The number of fused-ring (bicyclic) bond motifs is 1. The van der Waals surface area contributed by atoms with E-state index in [1.54, 1.807) is 28.9 Å². The first kappa shape index (κ1) is 26.3. The van der Waals surface area contributed by atoms with Crippen LogP contribution in [0.3, 0.4) is 0 Å². The molecule has 3 aliphatic rings. The first-order valence-electron chi connectivity index (χ1n) is 13.5. The van der Waals surface area contributed by atoms with Gasteiger partial charge >= 0.3 is 0 Å². The molecule has 9 heteroatoms. The van der Waals surface area contributed by atoms with Crippen LogP contribution in [-0.2, 0) is 29.0 Å². The molecule has 2 atom stereocenters. The second-order valence-electron chi connectivity index (χ2n) is 10.7. The highest BCUT2D eigenvalue weighted by Crippen LogP contribution is 2.41. The highest BCUT2D eigenvalue weighted by Gasteiger charge is 2.38. The molecule has 0 spiro atoms. The normalized spacial score (nSPS) is 22.1. The Morgan fingerprint density at radius 2 is 1.92 bits per heavy atom. The molecule has 5 rings (SSSR count). The van der Waals surface area contributed by atoms with Crippen LogP contribution in [0, 0.1) is 11.7 Å². The average Bonchev–Trinajstić information content (AvgIpc) is 3.58. The van der Waals surface area contributed by atoms with E-state index in [9.17, 15) is 14.0 Å². The number of hydroxylamine groups is 1. The number of likely N-dealkylation sites (tertiary alicyclic amines) is 1. The maximum atomic E-state index is 13.1. The van der Waals surface area contributed by atoms with Gasteiger partial charge in [-0.1, -0.05) is 12.1 Å². The molecular weight excluding hydrogens is 491 g/mol. The van der Waals surface area contributed by atoms with Gasteiger partial charge in [0.25, 0.3) is 0 Å². The number of piperidine rings is 1. The number of rotatable bonds is 10. The summed E-state index contributed by atoms with van der Waals surface area (Å²) in [7, 11) is 0. The second kappa shape index (κ2) is 12.0. The van der Waals surface area contributed by atoms with Gasteiger partial charge < -0.3 is 15.1 Å². The molecule has 2 amide bonds. The molecule has 7 nitrogen and oxygen atoms in total. The van der Waals surface area contributed by atoms with Gasteiger partial charge in [-0.05, 0) is 93.5 Å². The van der Waals surface area contributed by atoms with E-state index in [0.29, 0.717) is 30.8 Å². The first-order chi connectivity index (χ1) is 18.0. The maximum absolute atomic E-state index is 13.1. The third kappa shape index (κ3) is 6.96. The quantitative estimate of drug-likeness (QED) is 0.325. The van der Waals surface area contributed by atoms with Crippen molar-refractivity contribution in [3.63, 3.8) is 0 Å². The molecule has 2 aliphatic heterocycles. The van der Waals surface area contributed by atoms with Crippen LogP contribution in [0.1, 0.15) is 58.9 Å². The zero-order chi connectivity index (χ0) is 25.8.